The van der Waals surface area contributed by atoms with Crippen LogP contribution in [0.5, 0.6) is 0 Å². The monoisotopic (exact) mass is 359 g/mol. The van der Waals surface area contributed by atoms with Gasteiger partial charge in [-0.15, -0.1) is 0 Å². The number of carbonyl (C=O) groups is 1. The molecular formula is C20H33N5O. The number of carbonyl (C=O) groups excluding carboxylic acids is 1. The third-order valence-corrected chi connectivity index (χ3v) is 5.81. The molecule has 0 aliphatic carbocycles. The molecule has 2 amide bonds. The number of nitrogens with zero attached hydrogens (tertiary/aromatic N) is 4. The van der Waals surface area contributed by atoms with E-state index in [1.54, 1.807) is 12.5 Å². The zero-order valence-electron chi connectivity index (χ0n) is 16.1. The van der Waals surface area contributed by atoms with Gasteiger partial charge in [-0.3, -0.25) is 0 Å². The number of hydrogen-bond acceptors (Lipinski definition) is 4. The van der Waals surface area contributed by atoms with Crippen LogP contribution >= 0.6 is 0 Å². The first kappa shape index (κ1) is 19.1. The maximum absolute atomic E-state index is 12.6. The summed E-state index contributed by atoms with van der Waals surface area (Å²) in [7, 11) is 0. The zero-order chi connectivity index (χ0) is 18.2. The van der Waals surface area contributed by atoms with Crippen LogP contribution in [0.2, 0.25) is 0 Å². The van der Waals surface area contributed by atoms with Gasteiger partial charge in [0, 0.05) is 37.4 Å². The van der Waals surface area contributed by atoms with Gasteiger partial charge in [0.15, 0.2) is 0 Å². The second kappa shape index (κ2) is 9.86. The lowest BCUT2D eigenvalue weighted by atomic mass is 9.94. The number of piperidine rings is 2. The van der Waals surface area contributed by atoms with Crippen molar-refractivity contribution in [3.63, 3.8) is 0 Å². The summed E-state index contributed by atoms with van der Waals surface area (Å²) in [6, 6.07) is 2.07. The van der Waals surface area contributed by atoms with Crippen molar-refractivity contribution in [1.29, 1.82) is 0 Å². The largest absolute Gasteiger partial charge is 0.338 e. The summed E-state index contributed by atoms with van der Waals surface area (Å²) in [4.78, 5) is 25.5. The molecule has 1 aromatic rings. The molecule has 0 bridgehead atoms. The van der Waals surface area contributed by atoms with E-state index >= 15 is 0 Å². The molecule has 6 nitrogen and oxygen atoms in total. The van der Waals surface area contributed by atoms with Gasteiger partial charge in [0.25, 0.3) is 0 Å². The predicted molar refractivity (Wildman–Crippen MR) is 103 cm³/mol. The first-order valence-electron chi connectivity index (χ1n) is 10.3. The van der Waals surface area contributed by atoms with Gasteiger partial charge in [0.05, 0.1) is 0 Å². The van der Waals surface area contributed by atoms with Gasteiger partial charge in [0.1, 0.15) is 6.33 Å². The third-order valence-electron chi connectivity index (χ3n) is 5.81. The van der Waals surface area contributed by atoms with Crippen molar-refractivity contribution in [1.82, 2.24) is 25.1 Å². The summed E-state index contributed by atoms with van der Waals surface area (Å²) in [5.41, 5.74) is 1.05. The highest BCUT2D eigenvalue weighted by Crippen LogP contribution is 2.25. The van der Waals surface area contributed by atoms with Gasteiger partial charge in [-0.05, 0) is 63.7 Å². The summed E-state index contributed by atoms with van der Waals surface area (Å²) in [6.07, 6.45) is 10.5. The van der Waals surface area contributed by atoms with E-state index in [9.17, 15) is 4.79 Å². The SMILES string of the molecule is CCCCN1CCC(CNC(=O)N2CCC[C@H](c3ccncn3)C2)CC1. The van der Waals surface area contributed by atoms with Crippen molar-refractivity contribution in [2.24, 2.45) is 5.92 Å². The Morgan fingerprint density at radius 1 is 1.27 bits per heavy atom. The molecule has 0 spiro atoms. The number of aromatic nitrogens is 2. The topological polar surface area (TPSA) is 61.4 Å². The fourth-order valence-corrected chi connectivity index (χ4v) is 4.08. The number of urea groups is 1. The highest BCUT2D eigenvalue weighted by atomic mass is 16.2. The van der Waals surface area contributed by atoms with Crippen molar-refractivity contribution in [3.8, 4) is 0 Å². The van der Waals surface area contributed by atoms with E-state index in [2.05, 4.69) is 27.1 Å². The Hall–Kier alpha value is -1.69. The highest BCUT2D eigenvalue weighted by molar-refractivity contribution is 5.74. The van der Waals surface area contributed by atoms with E-state index in [-0.39, 0.29) is 6.03 Å². The van der Waals surface area contributed by atoms with Crippen molar-refractivity contribution in [2.75, 3.05) is 39.3 Å². The van der Waals surface area contributed by atoms with Gasteiger partial charge in [-0.1, -0.05) is 13.3 Å². The molecule has 2 fully saturated rings. The summed E-state index contributed by atoms with van der Waals surface area (Å²) in [5.74, 6) is 0.957. The summed E-state index contributed by atoms with van der Waals surface area (Å²) in [6.45, 7) is 8.27. The molecule has 0 radical (unpaired) electrons. The van der Waals surface area contributed by atoms with E-state index in [1.165, 1.54) is 45.3 Å². The van der Waals surface area contributed by atoms with Crippen LogP contribution < -0.4 is 5.32 Å². The lowest BCUT2D eigenvalue weighted by Gasteiger charge is -2.34. The molecule has 1 atom stereocenters. The quantitative estimate of drug-likeness (QED) is 0.848. The van der Waals surface area contributed by atoms with Gasteiger partial charge in [-0.2, -0.15) is 0 Å². The fraction of sp³-hybridized carbons (Fsp3) is 0.750. The first-order valence-corrected chi connectivity index (χ1v) is 10.3. The average molecular weight is 360 g/mol. The number of rotatable bonds is 6. The van der Waals surface area contributed by atoms with Crippen molar-refractivity contribution in [3.05, 3.63) is 24.3 Å². The Balaban J connectivity index is 1.40. The molecule has 0 unspecified atom stereocenters. The fourth-order valence-electron chi connectivity index (χ4n) is 4.08. The second-order valence-electron chi connectivity index (χ2n) is 7.74. The Kier molecular flexibility index (Phi) is 7.23. The van der Waals surface area contributed by atoms with Gasteiger partial charge < -0.3 is 15.1 Å². The molecule has 1 aromatic heterocycles. The zero-order valence-corrected chi connectivity index (χ0v) is 16.1. The average Bonchev–Trinajstić information content (AvgIpc) is 2.72. The maximum atomic E-state index is 12.6. The van der Waals surface area contributed by atoms with Crippen LogP contribution in [0, 0.1) is 5.92 Å². The van der Waals surface area contributed by atoms with Crippen LogP contribution in [0.4, 0.5) is 4.79 Å². The van der Waals surface area contributed by atoms with E-state index in [0.29, 0.717) is 11.8 Å². The van der Waals surface area contributed by atoms with Crippen LogP contribution in [-0.2, 0) is 0 Å². The van der Waals surface area contributed by atoms with Crippen molar-refractivity contribution >= 4 is 6.03 Å². The van der Waals surface area contributed by atoms with Crippen LogP contribution in [0.1, 0.15) is 57.1 Å². The Bertz CT molecular complexity index is 544. The van der Waals surface area contributed by atoms with Gasteiger partial charge in [0.2, 0.25) is 0 Å². The molecule has 2 aliphatic rings. The number of hydrogen-bond donors (Lipinski definition) is 1. The number of amides is 2. The molecule has 0 saturated carbocycles. The van der Waals surface area contributed by atoms with Crippen LogP contribution in [0.15, 0.2) is 18.6 Å². The van der Waals surface area contributed by atoms with Gasteiger partial charge in [-0.25, -0.2) is 14.8 Å². The Morgan fingerprint density at radius 3 is 2.85 bits per heavy atom. The highest BCUT2D eigenvalue weighted by Gasteiger charge is 2.26. The molecule has 1 N–H and O–H groups in total. The van der Waals surface area contributed by atoms with E-state index in [4.69, 9.17) is 0 Å². The van der Waals surface area contributed by atoms with E-state index in [1.807, 2.05) is 11.0 Å². The maximum Gasteiger partial charge on any atom is 0.317 e. The first-order chi connectivity index (χ1) is 12.8. The Labute approximate surface area is 157 Å². The minimum atomic E-state index is 0.0946. The number of nitrogens with one attached hydrogen (secondary N) is 1. The molecule has 2 aliphatic heterocycles. The molecule has 2 saturated heterocycles. The van der Waals surface area contributed by atoms with E-state index in [0.717, 1.165) is 38.2 Å². The van der Waals surface area contributed by atoms with Crippen LogP contribution in [0.3, 0.4) is 0 Å². The second-order valence-corrected chi connectivity index (χ2v) is 7.74. The van der Waals surface area contributed by atoms with Crippen LogP contribution in [-0.4, -0.2) is 65.1 Å². The number of unbranched alkanes of at least 4 members (excludes halogenated alkanes) is 1. The van der Waals surface area contributed by atoms with Crippen LogP contribution in [0.25, 0.3) is 0 Å². The van der Waals surface area contributed by atoms with E-state index < -0.39 is 0 Å². The molecular weight excluding hydrogens is 326 g/mol. The van der Waals surface area contributed by atoms with Gasteiger partial charge >= 0.3 is 6.03 Å². The lowest BCUT2D eigenvalue weighted by Crippen LogP contribution is -2.47. The summed E-state index contributed by atoms with van der Waals surface area (Å²) >= 11 is 0. The van der Waals surface area contributed by atoms with Crippen molar-refractivity contribution in [2.45, 2.75) is 51.4 Å². The normalized spacial score (nSPS) is 22.3. The Morgan fingerprint density at radius 2 is 2.12 bits per heavy atom. The third kappa shape index (κ3) is 5.40. The minimum Gasteiger partial charge on any atom is -0.338 e. The summed E-state index contributed by atoms with van der Waals surface area (Å²) in [5, 5.41) is 3.19. The summed E-state index contributed by atoms with van der Waals surface area (Å²) < 4.78 is 0. The molecule has 0 aromatic carbocycles. The minimum absolute atomic E-state index is 0.0946. The molecule has 26 heavy (non-hydrogen) atoms. The lowest BCUT2D eigenvalue weighted by molar-refractivity contribution is 0.163. The molecule has 6 heteroatoms. The van der Waals surface area contributed by atoms with Crippen molar-refractivity contribution < 1.29 is 4.79 Å². The molecule has 3 heterocycles. The molecule has 144 valence electrons. The standard InChI is InChI=1S/C20H33N5O/c1-2-3-10-24-12-7-17(8-13-24)14-22-20(26)25-11-4-5-18(15-25)19-6-9-21-16-23-19/h6,9,16-18H,2-5,7-8,10-15H2,1H3,(H,22,26)/t18-/m0/s1. The number of likely N-dealkylation sites (tertiary alicyclic amines) is 2. The predicted octanol–water partition coefficient (Wildman–Crippen LogP) is 2.88. The molecule has 3 rings (SSSR count). The smallest absolute Gasteiger partial charge is 0.317 e.